The maximum atomic E-state index is 8.64. The van der Waals surface area contributed by atoms with E-state index in [1.54, 1.807) is 28.2 Å². The molecule has 0 aliphatic heterocycles. The number of nitrogens with two attached hydrogens (primary N) is 1. The summed E-state index contributed by atoms with van der Waals surface area (Å²) in [6.07, 6.45) is 2.96. The number of thiophene rings is 1. The predicted octanol–water partition coefficient (Wildman–Crippen LogP) is 7.47. The molecular weight excluding hydrogens is 459 g/mol. The summed E-state index contributed by atoms with van der Waals surface area (Å²) < 4.78 is 1.80. The number of benzene rings is 1. The lowest BCUT2D eigenvalue weighted by atomic mass is 10.1. The Balaban J connectivity index is 0.00000114. The monoisotopic (exact) mass is 484 g/mol. The van der Waals surface area contributed by atoms with Crippen molar-refractivity contribution in [2.75, 3.05) is 0 Å². The first-order chi connectivity index (χ1) is 15.4. The van der Waals surface area contributed by atoms with Gasteiger partial charge in [-0.2, -0.15) is 10.4 Å². The van der Waals surface area contributed by atoms with Gasteiger partial charge in [-0.25, -0.2) is 4.68 Å². The molecule has 0 aliphatic carbocycles. The van der Waals surface area contributed by atoms with Gasteiger partial charge in [0.15, 0.2) is 0 Å². The number of hydrogen-bond acceptors (Lipinski definition) is 4. The number of unbranched alkanes of at least 4 members (excludes halogenated alkanes) is 1. The van der Waals surface area contributed by atoms with Crippen LogP contribution in [0.15, 0.2) is 36.9 Å². The van der Waals surface area contributed by atoms with E-state index in [9.17, 15) is 0 Å². The molecule has 0 bridgehead atoms. The van der Waals surface area contributed by atoms with Gasteiger partial charge in [0.05, 0.1) is 37.9 Å². The van der Waals surface area contributed by atoms with Crippen molar-refractivity contribution in [2.24, 2.45) is 5.73 Å². The summed E-state index contributed by atoms with van der Waals surface area (Å²) in [5.41, 5.74) is 9.70. The van der Waals surface area contributed by atoms with Gasteiger partial charge in [0.1, 0.15) is 5.69 Å². The minimum Gasteiger partial charge on any atom is -0.397 e. The Morgan fingerprint density at radius 1 is 1.19 bits per heavy atom. The molecule has 2 heterocycles. The maximum absolute atomic E-state index is 8.64. The van der Waals surface area contributed by atoms with Gasteiger partial charge in [-0.15, -0.1) is 11.3 Å². The molecule has 0 saturated heterocycles. The van der Waals surface area contributed by atoms with Crippen molar-refractivity contribution < 1.29 is 0 Å². The Kier molecular flexibility index (Phi) is 9.88. The molecule has 2 N–H and O–H groups in total. The largest absolute Gasteiger partial charge is 0.397 e. The summed E-state index contributed by atoms with van der Waals surface area (Å²) in [4.78, 5) is 1.92. The lowest BCUT2D eigenvalue weighted by Gasteiger charge is -2.09. The quantitative estimate of drug-likeness (QED) is 0.301. The third-order valence-corrected chi connectivity index (χ3v) is 5.74. The van der Waals surface area contributed by atoms with Crippen molar-refractivity contribution in [2.45, 2.75) is 46.5 Å². The highest BCUT2D eigenvalue weighted by Crippen LogP contribution is 2.37. The molecule has 32 heavy (non-hydrogen) atoms. The van der Waals surface area contributed by atoms with Crippen LogP contribution in [0.1, 0.15) is 56.2 Å². The summed E-state index contributed by atoms with van der Waals surface area (Å²) in [6.45, 7) is 10.2. The Bertz CT molecular complexity index is 1190. The number of nitrogens with zero attached hydrogens (tertiary/aromatic N) is 3. The minimum absolute atomic E-state index is 0.403. The highest BCUT2D eigenvalue weighted by molar-refractivity contribution is 7.16. The molecule has 0 amide bonds. The average Bonchev–Trinajstić information content (AvgIpc) is 3.36. The van der Waals surface area contributed by atoms with E-state index in [0.29, 0.717) is 40.0 Å². The van der Waals surface area contributed by atoms with Gasteiger partial charge in [0, 0.05) is 23.4 Å². The molecule has 3 aromatic rings. The van der Waals surface area contributed by atoms with Crippen molar-refractivity contribution in [3.05, 3.63) is 63.1 Å². The fourth-order valence-electron chi connectivity index (χ4n) is 2.92. The highest BCUT2D eigenvalue weighted by Gasteiger charge is 2.22. The average molecular weight is 485 g/mol. The van der Waals surface area contributed by atoms with Crippen LogP contribution < -0.4 is 5.73 Å². The van der Waals surface area contributed by atoms with Crippen molar-refractivity contribution in [3.63, 3.8) is 0 Å². The Morgan fingerprint density at radius 3 is 2.50 bits per heavy atom. The number of nitriles is 1. The topological polar surface area (TPSA) is 67.6 Å². The summed E-state index contributed by atoms with van der Waals surface area (Å²) in [5.74, 6) is 6.14. The van der Waals surface area contributed by atoms with E-state index in [4.69, 9.17) is 39.3 Å². The first-order valence-corrected chi connectivity index (χ1v) is 11.9. The van der Waals surface area contributed by atoms with E-state index in [-0.39, 0.29) is 0 Å². The standard InChI is InChI=1S/C22H18Cl2N4S.C3H8/c1-3-17-21(14(2)26)27-28(19-10-8-15(23)13-18(19)24)22(17)20-11-9-16(29-20)7-5-4-6-12-25;1-3-2/h8-11,13H,2-4,6,26H2,1H3;3H2,1-2H3. The fourth-order valence-corrected chi connectivity index (χ4v) is 4.35. The molecule has 0 spiro atoms. The van der Waals surface area contributed by atoms with Crippen LogP contribution in [0.2, 0.25) is 10.0 Å². The first-order valence-electron chi connectivity index (χ1n) is 10.4. The second kappa shape index (κ2) is 12.4. The van der Waals surface area contributed by atoms with Crippen LogP contribution in [-0.4, -0.2) is 9.78 Å². The van der Waals surface area contributed by atoms with Crippen LogP contribution in [0.25, 0.3) is 22.0 Å². The van der Waals surface area contributed by atoms with E-state index in [0.717, 1.165) is 27.4 Å². The third kappa shape index (κ3) is 6.17. The first kappa shape index (κ1) is 25.6. The van der Waals surface area contributed by atoms with Gasteiger partial charge in [0.25, 0.3) is 0 Å². The molecule has 0 aliphatic rings. The second-order valence-electron chi connectivity index (χ2n) is 6.89. The van der Waals surface area contributed by atoms with Gasteiger partial charge in [-0.3, -0.25) is 0 Å². The molecule has 1 aromatic carbocycles. The van der Waals surface area contributed by atoms with Gasteiger partial charge in [0.2, 0.25) is 0 Å². The zero-order chi connectivity index (χ0) is 23.7. The van der Waals surface area contributed by atoms with Crippen LogP contribution >= 0.6 is 34.5 Å². The van der Waals surface area contributed by atoms with Crippen LogP contribution in [0.5, 0.6) is 0 Å². The molecule has 7 heteroatoms. The summed E-state index contributed by atoms with van der Waals surface area (Å²) in [5, 5.41) is 14.4. The van der Waals surface area contributed by atoms with Gasteiger partial charge < -0.3 is 5.73 Å². The van der Waals surface area contributed by atoms with Crippen LogP contribution in [-0.2, 0) is 6.42 Å². The SMILES string of the molecule is C=C(N)c1nn(-c2ccc(Cl)cc2Cl)c(-c2ccc(C#CCCC#N)s2)c1CC.CCC. The molecule has 3 rings (SSSR count). The predicted molar refractivity (Wildman–Crippen MR) is 137 cm³/mol. The van der Waals surface area contributed by atoms with Crippen molar-refractivity contribution in [1.82, 2.24) is 9.78 Å². The van der Waals surface area contributed by atoms with Gasteiger partial charge in [-0.05, 0) is 36.8 Å². The van der Waals surface area contributed by atoms with Crippen molar-refractivity contribution in [1.29, 1.82) is 5.26 Å². The molecule has 0 unspecified atom stereocenters. The number of rotatable bonds is 5. The molecule has 166 valence electrons. The molecule has 0 radical (unpaired) electrons. The molecule has 0 atom stereocenters. The normalized spacial score (nSPS) is 9.88. The zero-order valence-corrected chi connectivity index (χ0v) is 20.8. The second-order valence-corrected chi connectivity index (χ2v) is 8.82. The lowest BCUT2D eigenvalue weighted by molar-refractivity contribution is 0.881. The maximum Gasteiger partial charge on any atom is 0.112 e. The summed E-state index contributed by atoms with van der Waals surface area (Å²) in [6, 6.07) is 11.4. The third-order valence-electron chi connectivity index (χ3n) is 4.19. The van der Waals surface area contributed by atoms with Crippen LogP contribution in [0, 0.1) is 23.2 Å². The van der Waals surface area contributed by atoms with E-state index in [1.807, 2.05) is 18.2 Å². The lowest BCUT2D eigenvalue weighted by Crippen LogP contribution is -2.01. The Hall–Kier alpha value is -2.70. The van der Waals surface area contributed by atoms with Crippen molar-refractivity contribution >= 4 is 40.2 Å². The van der Waals surface area contributed by atoms with E-state index >= 15 is 0 Å². The van der Waals surface area contributed by atoms with E-state index < -0.39 is 0 Å². The van der Waals surface area contributed by atoms with Gasteiger partial charge >= 0.3 is 0 Å². The number of halogens is 2. The van der Waals surface area contributed by atoms with Crippen molar-refractivity contribution in [3.8, 4) is 34.2 Å². The molecule has 0 fully saturated rings. The smallest absolute Gasteiger partial charge is 0.112 e. The fraction of sp³-hybridized carbons (Fsp3) is 0.280. The minimum atomic E-state index is 0.403. The van der Waals surface area contributed by atoms with E-state index in [2.05, 4.69) is 45.3 Å². The van der Waals surface area contributed by atoms with Crippen LogP contribution in [0.4, 0.5) is 0 Å². The Labute approximate surface area is 204 Å². The van der Waals surface area contributed by atoms with Crippen LogP contribution in [0.3, 0.4) is 0 Å². The van der Waals surface area contributed by atoms with Gasteiger partial charge in [-0.1, -0.05) is 68.8 Å². The van der Waals surface area contributed by atoms with E-state index in [1.165, 1.54) is 6.42 Å². The highest BCUT2D eigenvalue weighted by atomic mass is 35.5. The molecule has 2 aromatic heterocycles. The molecule has 4 nitrogen and oxygen atoms in total. The number of hydrogen-bond donors (Lipinski definition) is 1. The Morgan fingerprint density at radius 2 is 1.91 bits per heavy atom. The number of aromatic nitrogens is 2. The zero-order valence-electron chi connectivity index (χ0n) is 18.5. The summed E-state index contributed by atoms with van der Waals surface area (Å²) in [7, 11) is 0. The molecular formula is C25H26Cl2N4S. The molecule has 0 saturated carbocycles. The summed E-state index contributed by atoms with van der Waals surface area (Å²) >= 11 is 14.1.